The second-order valence-electron chi connectivity index (χ2n) is 5.58. The fourth-order valence-corrected chi connectivity index (χ4v) is 2.50. The van der Waals surface area contributed by atoms with Crippen molar-refractivity contribution in [2.24, 2.45) is 0 Å². The van der Waals surface area contributed by atoms with E-state index in [0.717, 1.165) is 19.6 Å². The van der Waals surface area contributed by atoms with Gasteiger partial charge in [-0.2, -0.15) is 0 Å². The second-order valence-corrected chi connectivity index (χ2v) is 5.58. The zero-order valence-corrected chi connectivity index (χ0v) is 13.6. The molecule has 1 rings (SSSR count). The highest BCUT2D eigenvalue weighted by Gasteiger charge is 2.28. The van der Waals surface area contributed by atoms with Crippen LogP contribution in [-0.4, -0.2) is 66.9 Å². The summed E-state index contributed by atoms with van der Waals surface area (Å²) in [6.07, 6.45) is 0.360. The normalized spacial score (nSPS) is 20.4. The highest BCUT2D eigenvalue weighted by molar-refractivity contribution is 5.93. The number of carbonyl (C=O) groups is 2. The lowest BCUT2D eigenvalue weighted by Gasteiger charge is -2.35. The fraction of sp³-hybridized carbons (Fsp3) is 0.733. The van der Waals surface area contributed by atoms with Crippen molar-refractivity contribution in [2.45, 2.75) is 39.3 Å². The van der Waals surface area contributed by atoms with Gasteiger partial charge in [0.05, 0.1) is 11.7 Å². The lowest BCUT2D eigenvalue weighted by atomic mass is 10.1. The average molecular weight is 296 g/mol. The Bertz CT molecular complexity index is 393. The Morgan fingerprint density at radius 1 is 1.52 bits per heavy atom. The van der Waals surface area contributed by atoms with E-state index >= 15 is 0 Å². The van der Waals surface area contributed by atoms with Crippen molar-refractivity contribution in [2.75, 3.05) is 33.2 Å². The molecule has 1 fully saturated rings. The van der Waals surface area contributed by atoms with Gasteiger partial charge in [-0.3, -0.25) is 9.59 Å². The number of nitrogens with one attached hydrogen (secondary N) is 2. The highest BCUT2D eigenvalue weighted by atomic mass is 16.2. The van der Waals surface area contributed by atoms with Crippen LogP contribution in [0.2, 0.25) is 0 Å². The Morgan fingerprint density at radius 3 is 2.71 bits per heavy atom. The quantitative estimate of drug-likeness (QED) is 0.657. The molecule has 2 amide bonds. The Kier molecular flexibility index (Phi) is 6.68. The molecule has 2 N–H and O–H groups in total. The number of likely N-dealkylation sites (N-methyl/N-ethyl adjacent to an activating group) is 2. The third kappa shape index (κ3) is 5.04. The van der Waals surface area contributed by atoms with Crippen molar-refractivity contribution in [3.8, 4) is 0 Å². The number of nitrogens with zero attached hydrogens (tertiary/aromatic N) is 2. The first-order valence-corrected chi connectivity index (χ1v) is 7.60. The van der Waals surface area contributed by atoms with Gasteiger partial charge in [0, 0.05) is 32.6 Å². The van der Waals surface area contributed by atoms with Crippen LogP contribution >= 0.6 is 0 Å². The van der Waals surface area contributed by atoms with Crippen LogP contribution < -0.4 is 10.6 Å². The predicted molar refractivity (Wildman–Crippen MR) is 83.7 cm³/mol. The summed E-state index contributed by atoms with van der Waals surface area (Å²) in [6.45, 7) is 13.3. The van der Waals surface area contributed by atoms with Crippen LogP contribution in [0.15, 0.2) is 12.3 Å². The summed E-state index contributed by atoms with van der Waals surface area (Å²) in [5, 5.41) is 5.78. The smallest absolute Gasteiger partial charge is 0.267 e. The third-order valence-corrected chi connectivity index (χ3v) is 3.99. The molecule has 6 heteroatoms. The average Bonchev–Trinajstić information content (AvgIpc) is 2.45. The Hall–Kier alpha value is -1.56. The lowest BCUT2D eigenvalue weighted by molar-refractivity contribution is -0.125. The lowest BCUT2D eigenvalue weighted by Crippen LogP contribution is -2.53. The number of hydrogen-bond donors (Lipinski definition) is 2. The van der Waals surface area contributed by atoms with Crippen molar-refractivity contribution in [1.29, 1.82) is 0 Å². The molecule has 1 aliphatic heterocycles. The molecule has 0 spiro atoms. The van der Waals surface area contributed by atoms with Crippen molar-refractivity contribution in [3.05, 3.63) is 12.3 Å². The molecular formula is C15H28N4O2. The molecule has 0 aliphatic carbocycles. The van der Waals surface area contributed by atoms with E-state index in [1.54, 1.807) is 11.9 Å². The van der Waals surface area contributed by atoms with Gasteiger partial charge in [-0.1, -0.05) is 20.4 Å². The van der Waals surface area contributed by atoms with Crippen LogP contribution in [0.1, 0.15) is 27.2 Å². The standard InChI is InChI=1S/C15H28N4O2/c1-6-19(7-2)10-11(3)17-14(20)8-13-9-16-15(21)12(4)18(13)5/h11,13H,4,6-10H2,1-3,5H3,(H,16,21)(H,17,20). The third-order valence-electron chi connectivity index (χ3n) is 3.99. The van der Waals surface area contributed by atoms with E-state index in [1.807, 2.05) is 6.92 Å². The van der Waals surface area contributed by atoms with Crippen LogP contribution in [0.5, 0.6) is 0 Å². The maximum absolute atomic E-state index is 12.1. The van der Waals surface area contributed by atoms with Gasteiger partial charge in [-0.05, 0) is 20.0 Å². The zero-order chi connectivity index (χ0) is 16.0. The van der Waals surface area contributed by atoms with E-state index in [4.69, 9.17) is 0 Å². The molecule has 0 radical (unpaired) electrons. The van der Waals surface area contributed by atoms with Gasteiger partial charge in [0.25, 0.3) is 5.91 Å². The molecule has 1 heterocycles. The van der Waals surface area contributed by atoms with Crippen molar-refractivity contribution in [1.82, 2.24) is 20.4 Å². The number of hydrogen-bond acceptors (Lipinski definition) is 4. The number of rotatable bonds is 7. The number of amides is 2. The van der Waals surface area contributed by atoms with Crippen molar-refractivity contribution < 1.29 is 9.59 Å². The maximum Gasteiger partial charge on any atom is 0.267 e. The van der Waals surface area contributed by atoms with E-state index in [1.165, 1.54) is 0 Å². The summed E-state index contributed by atoms with van der Waals surface area (Å²) < 4.78 is 0. The van der Waals surface area contributed by atoms with Gasteiger partial charge < -0.3 is 20.4 Å². The highest BCUT2D eigenvalue weighted by Crippen LogP contribution is 2.13. The molecule has 21 heavy (non-hydrogen) atoms. The Morgan fingerprint density at radius 2 is 2.14 bits per heavy atom. The molecule has 2 unspecified atom stereocenters. The second kappa shape index (κ2) is 8.02. The minimum atomic E-state index is -0.163. The molecule has 6 nitrogen and oxygen atoms in total. The fourth-order valence-electron chi connectivity index (χ4n) is 2.50. The summed E-state index contributed by atoms with van der Waals surface area (Å²) in [6, 6.07) is 0.0833. The molecule has 2 atom stereocenters. The van der Waals surface area contributed by atoms with Crippen molar-refractivity contribution >= 4 is 11.8 Å². The molecule has 1 saturated heterocycles. The van der Waals surface area contributed by atoms with Crippen LogP contribution in [0, 0.1) is 0 Å². The van der Waals surface area contributed by atoms with Gasteiger partial charge in [0.15, 0.2) is 0 Å². The molecular weight excluding hydrogens is 268 g/mol. The van der Waals surface area contributed by atoms with Crippen LogP contribution in [0.4, 0.5) is 0 Å². The molecule has 0 aromatic heterocycles. The summed E-state index contributed by atoms with van der Waals surface area (Å²) >= 11 is 0. The first-order valence-electron chi connectivity index (χ1n) is 7.60. The van der Waals surface area contributed by atoms with E-state index < -0.39 is 0 Å². The molecule has 0 bridgehead atoms. The van der Waals surface area contributed by atoms with E-state index in [0.29, 0.717) is 18.7 Å². The van der Waals surface area contributed by atoms with Crippen LogP contribution in [0.25, 0.3) is 0 Å². The van der Waals surface area contributed by atoms with Crippen LogP contribution in [0.3, 0.4) is 0 Å². The van der Waals surface area contributed by atoms with Crippen molar-refractivity contribution in [3.63, 3.8) is 0 Å². The van der Waals surface area contributed by atoms with Gasteiger partial charge in [0.2, 0.25) is 5.91 Å². The minimum Gasteiger partial charge on any atom is -0.365 e. The SMILES string of the molecule is C=C1C(=O)NCC(CC(=O)NC(C)CN(CC)CC)N1C. The van der Waals surface area contributed by atoms with Crippen LogP contribution in [-0.2, 0) is 9.59 Å². The number of carbonyl (C=O) groups excluding carboxylic acids is 2. The largest absolute Gasteiger partial charge is 0.365 e. The first kappa shape index (κ1) is 17.5. The van der Waals surface area contributed by atoms with E-state index in [9.17, 15) is 9.59 Å². The van der Waals surface area contributed by atoms with Gasteiger partial charge in [-0.25, -0.2) is 0 Å². The summed E-state index contributed by atoms with van der Waals surface area (Å²) in [4.78, 5) is 27.6. The molecule has 120 valence electrons. The monoisotopic (exact) mass is 296 g/mol. The molecule has 0 aromatic carbocycles. The van der Waals surface area contributed by atoms with E-state index in [2.05, 4.69) is 36.0 Å². The Balaban J connectivity index is 2.43. The molecule has 1 aliphatic rings. The van der Waals surface area contributed by atoms with Gasteiger partial charge >= 0.3 is 0 Å². The molecule has 0 aromatic rings. The van der Waals surface area contributed by atoms with E-state index in [-0.39, 0.29) is 23.9 Å². The first-order chi connectivity index (χ1) is 9.88. The summed E-state index contributed by atoms with van der Waals surface area (Å²) in [5.74, 6) is -0.153. The zero-order valence-electron chi connectivity index (χ0n) is 13.6. The summed E-state index contributed by atoms with van der Waals surface area (Å²) in [5.41, 5.74) is 0.412. The number of piperazine rings is 1. The molecule has 0 saturated carbocycles. The minimum absolute atomic E-state index is 0.00968. The van der Waals surface area contributed by atoms with Gasteiger partial charge in [-0.15, -0.1) is 0 Å². The van der Waals surface area contributed by atoms with Gasteiger partial charge in [0.1, 0.15) is 0 Å². The topological polar surface area (TPSA) is 64.7 Å². The predicted octanol–water partition coefficient (Wildman–Crippen LogP) is 0.167. The Labute approximate surface area is 127 Å². The summed E-state index contributed by atoms with van der Waals surface area (Å²) in [7, 11) is 1.80. The maximum atomic E-state index is 12.1.